The highest BCUT2D eigenvalue weighted by molar-refractivity contribution is 9.10. The van der Waals surface area contributed by atoms with Crippen LogP contribution in [-0.2, 0) is 6.54 Å². The van der Waals surface area contributed by atoms with Gasteiger partial charge in [-0.25, -0.2) is 0 Å². The SMILES string of the molecule is NCc1ccc(OCC2CCCC2)c(Br)c1. The summed E-state index contributed by atoms with van der Waals surface area (Å²) in [6, 6.07) is 6.06. The van der Waals surface area contributed by atoms with Crippen LogP contribution in [0.3, 0.4) is 0 Å². The van der Waals surface area contributed by atoms with Gasteiger partial charge in [-0.05, 0) is 52.4 Å². The smallest absolute Gasteiger partial charge is 0.133 e. The summed E-state index contributed by atoms with van der Waals surface area (Å²) in [5.41, 5.74) is 6.71. The summed E-state index contributed by atoms with van der Waals surface area (Å²) in [4.78, 5) is 0. The minimum absolute atomic E-state index is 0.571. The van der Waals surface area contributed by atoms with E-state index in [1.54, 1.807) is 0 Å². The molecule has 0 aliphatic heterocycles. The lowest BCUT2D eigenvalue weighted by atomic mass is 10.1. The molecule has 1 saturated carbocycles. The van der Waals surface area contributed by atoms with Crippen LogP contribution in [0.15, 0.2) is 22.7 Å². The molecule has 0 amide bonds. The van der Waals surface area contributed by atoms with Crippen LogP contribution < -0.4 is 10.5 Å². The van der Waals surface area contributed by atoms with Crippen LogP contribution in [0.5, 0.6) is 5.75 Å². The second-order valence-corrected chi connectivity index (χ2v) is 5.28. The van der Waals surface area contributed by atoms with E-state index in [0.29, 0.717) is 6.54 Å². The Hall–Kier alpha value is -0.540. The van der Waals surface area contributed by atoms with Crippen molar-refractivity contribution in [2.45, 2.75) is 32.2 Å². The molecule has 1 aromatic carbocycles. The van der Waals surface area contributed by atoms with Crippen molar-refractivity contribution >= 4 is 15.9 Å². The maximum Gasteiger partial charge on any atom is 0.133 e. The van der Waals surface area contributed by atoms with Gasteiger partial charge in [0.1, 0.15) is 5.75 Å². The monoisotopic (exact) mass is 283 g/mol. The van der Waals surface area contributed by atoms with E-state index in [-0.39, 0.29) is 0 Å². The molecular weight excluding hydrogens is 266 g/mol. The molecule has 0 radical (unpaired) electrons. The van der Waals surface area contributed by atoms with Crippen LogP contribution in [0.2, 0.25) is 0 Å². The number of rotatable bonds is 4. The predicted octanol–water partition coefficient (Wildman–Crippen LogP) is 3.48. The Kier molecular flexibility index (Phi) is 4.24. The maximum absolute atomic E-state index is 5.83. The van der Waals surface area contributed by atoms with Gasteiger partial charge in [0.05, 0.1) is 11.1 Å². The molecule has 0 aromatic heterocycles. The lowest BCUT2D eigenvalue weighted by Crippen LogP contribution is -2.08. The van der Waals surface area contributed by atoms with Crippen molar-refractivity contribution in [3.05, 3.63) is 28.2 Å². The normalized spacial score (nSPS) is 16.6. The Morgan fingerprint density at radius 1 is 1.31 bits per heavy atom. The second kappa shape index (κ2) is 5.69. The molecule has 2 rings (SSSR count). The summed E-state index contributed by atoms with van der Waals surface area (Å²) in [5.74, 6) is 1.69. The molecule has 0 atom stereocenters. The summed E-state index contributed by atoms with van der Waals surface area (Å²) in [6.07, 6.45) is 5.36. The highest BCUT2D eigenvalue weighted by Gasteiger charge is 2.15. The highest BCUT2D eigenvalue weighted by Crippen LogP contribution is 2.29. The number of ether oxygens (including phenoxy) is 1. The summed E-state index contributed by atoms with van der Waals surface area (Å²) < 4.78 is 6.84. The quantitative estimate of drug-likeness (QED) is 0.918. The van der Waals surface area contributed by atoms with E-state index in [1.165, 1.54) is 25.7 Å². The number of benzene rings is 1. The molecule has 0 spiro atoms. The van der Waals surface area contributed by atoms with E-state index < -0.39 is 0 Å². The fraction of sp³-hybridized carbons (Fsp3) is 0.538. The Labute approximate surface area is 105 Å². The van der Waals surface area contributed by atoms with Crippen molar-refractivity contribution < 1.29 is 4.74 Å². The van der Waals surface area contributed by atoms with E-state index in [0.717, 1.165) is 28.3 Å². The van der Waals surface area contributed by atoms with Crippen molar-refractivity contribution in [3.8, 4) is 5.75 Å². The van der Waals surface area contributed by atoms with Gasteiger partial charge in [-0.3, -0.25) is 0 Å². The van der Waals surface area contributed by atoms with Crippen LogP contribution in [0, 0.1) is 5.92 Å². The lowest BCUT2D eigenvalue weighted by Gasteiger charge is -2.13. The molecule has 88 valence electrons. The van der Waals surface area contributed by atoms with E-state index in [4.69, 9.17) is 10.5 Å². The topological polar surface area (TPSA) is 35.2 Å². The third-order valence-corrected chi connectivity index (χ3v) is 3.80. The average molecular weight is 284 g/mol. The number of halogens is 1. The van der Waals surface area contributed by atoms with Gasteiger partial charge >= 0.3 is 0 Å². The molecule has 0 bridgehead atoms. The van der Waals surface area contributed by atoms with Crippen LogP contribution in [0.1, 0.15) is 31.2 Å². The first-order valence-electron chi connectivity index (χ1n) is 5.91. The Morgan fingerprint density at radius 3 is 2.69 bits per heavy atom. The minimum atomic E-state index is 0.571. The molecule has 3 heteroatoms. The lowest BCUT2D eigenvalue weighted by molar-refractivity contribution is 0.250. The van der Waals surface area contributed by atoms with E-state index in [1.807, 2.05) is 18.2 Å². The summed E-state index contributed by atoms with van der Waals surface area (Å²) in [6.45, 7) is 1.42. The predicted molar refractivity (Wildman–Crippen MR) is 69.5 cm³/mol. The molecule has 1 aliphatic carbocycles. The van der Waals surface area contributed by atoms with Gasteiger partial charge in [-0.2, -0.15) is 0 Å². The van der Waals surface area contributed by atoms with Crippen molar-refractivity contribution in [1.82, 2.24) is 0 Å². The molecule has 0 unspecified atom stereocenters. The number of hydrogen-bond acceptors (Lipinski definition) is 2. The highest BCUT2D eigenvalue weighted by atomic mass is 79.9. The molecule has 16 heavy (non-hydrogen) atoms. The average Bonchev–Trinajstić information content (AvgIpc) is 2.80. The van der Waals surface area contributed by atoms with Gasteiger partial charge in [-0.1, -0.05) is 18.9 Å². The van der Waals surface area contributed by atoms with E-state index in [9.17, 15) is 0 Å². The molecule has 0 heterocycles. The molecule has 1 aromatic rings. The first-order chi connectivity index (χ1) is 7.79. The Bertz CT molecular complexity index is 348. The van der Waals surface area contributed by atoms with E-state index in [2.05, 4.69) is 15.9 Å². The van der Waals surface area contributed by atoms with Gasteiger partial charge in [0, 0.05) is 6.54 Å². The molecule has 2 nitrogen and oxygen atoms in total. The number of nitrogens with two attached hydrogens (primary N) is 1. The third-order valence-electron chi connectivity index (χ3n) is 3.18. The van der Waals surface area contributed by atoms with Crippen LogP contribution >= 0.6 is 15.9 Å². The Balaban J connectivity index is 1.93. The molecule has 1 aliphatic rings. The van der Waals surface area contributed by atoms with E-state index >= 15 is 0 Å². The third kappa shape index (κ3) is 2.98. The summed E-state index contributed by atoms with van der Waals surface area (Å²) >= 11 is 3.52. The van der Waals surface area contributed by atoms with Crippen LogP contribution in [0.25, 0.3) is 0 Å². The van der Waals surface area contributed by atoms with Crippen molar-refractivity contribution in [2.75, 3.05) is 6.61 Å². The molecule has 2 N–H and O–H groups in total. The zero-order valence-corrected chi connectivity index (χ0v) is 11.0. The largest absolute Gasteiger partial charge is 0.492 e. The standard InChI is InChI=1S/C13H18BrNO/c14-12-7-11(8-15)5-6-13(12)16-9-10-3-1-2-4-10/h5-7,10H,1-4,8-9,15H2. The first kappa shape index (κ1) is 11.9. The zero-order valence-electron chi connectivity index (χ0n) is 9.42. The Morgan fingerprint density at radius 2 is 2.06 bits per heavy atom. The van der Waals surface area contributed by atoms with Gasteiger partial charge in [0.2, 0.25) is 0 Å². The van der Waals surface area contributed by atoms with Crippen molar-refractivity contribution in [3.63, 3.8) is 0 Å². The summed E-state index contributed by atoms with van der Waals surface area (Å²) in [5, 5.41) is 0. The minimum Gasteiger partial charge on any atom is -0.492 e. The van der Waals surface area contributed by atoms with Crippen molar-refractivity contribution in [2.24, 2.45) is 11.7 Å². The summed E-state index contributed by atoms with van der Waals surface area (Å²) in [7, 11) is 0. The fourth-order valence-electron chi connectivity index (χ4n) is 2.17. The van der Waals surface area contributed by atoms with Gasteiger partial charge < -0.3 is 10.5 Å². The van der Waals surface area contributed by atoms with Crippen LogP contribution in [0.4, 0.5) is 0 Å². The van der Waals surface area contributed by atoms with Gasteiger partial charge in [0.25, 0.3) is 0 Å². The molecule has 0 saturated heterocycles. The number of hydrogen-bond donors (Lipinski definition) is 1. The zero-order chi connectivity index (χ0) is 11.4. The van der Waals surface area contributed by atoms with Gasteiger partial charge in [-0.15, -0.1) is 0 Å². The molecular formula is C13H18BrNO. The first-order valence-corrected chi connectivity index (χ1v) is 6.70. The maximum atomic E-state index is 5.83. The van der Waals surface area contributed by atoms with Crippen molar-refractivity contribution in [1.29, 1.82) is 0 Å². The second-order valence-electron chi connectivity index (χ2n) is 4.43. The van der Waals surface area contributed by atoms with Crippen LogP contribution in [-0.4, -0.2) is 6.61 Å². The van der Waals surface area contributed by atoms with Gasteiger partial charge in [0.15, 0.2) is 0 Å². The fourth-order valence-corrected chi connectivity index (χ4v) is 2.71. The molecule has 1 fully saturated rings.